The Morgan fingerprint density at radius 3 is 2.84 bits per heavy atom. The summed E-state index contributed by atoms with van der Waals surface area (Å²) in [5.41, 5.74) is 0.923. The summed E-state index contributed by atoms with van der Waals surface area (Å²) in [4.78, 5) is 14.0. The van der Waals surface area contributed by atoms with Crippen LogP contribution in [0.15, 0.2) is 24.3 Å². The first-order valence-electron chi connectivity index (χ1n) is 6.20. The van der Waals surface area contributed by atoms with Gasteiger partial charge in [0.1, 0.15) is 4.88 Å². The van der Waals surface area contributed by atoms with Gasteiger partial charge in [0.2, 0.25) is 0 Å². The Kier molecular flexibility index (Phi) is 4.52. The molecule has 0 saturated carbocycles. The van der Waals surface area contributed by atoms with Crippen LogP contribution in [0.1, 0.15) is 15.2 Å². The first-order chi connectivity index (χ1) is 9.13. The Morgan fingerprint density at radius 2 is 2.16 bits per heavy atom. The molecule has 2 N–H and O–H groups in total. The van der Waals surface area contributed by atoms with Crippen LogP contribution >= 0.6 is 11.3 Å². The molecular formula is C14H18N2O2S. The Balaban J connectivity index is 2.34. The minimum atomic E-state index is -0.835. The molecule has 0 aliphatic carbocycles. The number of aromatic carboxylic acids is 1. The zero-order chi connectivity index (χ0) is 13.8. The Morgan fingerprint density at radius 1 is 1.42 bits per heavy atom. The molecule has 2 rings (SSSR count). The number of benzene rings is 1. The van der Waals surface area contributed by atoms with Crippen LogP contribution in [0.2, 0.25) is 0 Å². The van der Waals surface area contributed by atoms with Crippen molar-refractivity contribution in [2.45, 2.75) is 6.54 Å². The lowest BCUT2D eigenvalue weighted by Gasteiger charge is -2.16. The minimum Gasteiger partial charge on any atom is -0.477 e. The molecule has 1 heterocycles. The maximum absolute atomic E-state index is 11.4. The van der Waals surface area contributed by atoms with Gasteiger partial charge in [-0.2, -0.15) is 0 Å². The zero-order valence-electron chi connectivity index (χ0n) is 11.1. The maximum atomic E-state index is 11.4. The number of nitrogens with one attached hydrogen (secondary N) is 1. The van der Waals surface area contributed by atoms with Gasteiger partial charge in [-0.1, -0.05) is 18.2 Å². The summed E-state index contributed by atoms with van der Waals surface area (Å²) < 4.78 is 1.04. The fourth-order valence-electron chi connectivity index (χ4n) is 2.08. The molecule has 0 amide bonds. The summed E-state index contributed by atoms with van der Waals surface area (Å²) in [5.74, 6) is -0.835. The van der Waals surface area contributed by atoms with E-state index in [0.29, 0.717) is 11.4 Å². The molecule has 19 heavy (non-hydrogen) atoms. The number of carbonyl (C=O) groups is 1. The third-order valence-corrected chi connectivity index (χ3v) is 4.27. The molecule has 2 aromatic rings. The summed E-state index contributed by atoms with van der Waals surface area (Å²) in [6.45, 7) is 2.44. The molecule has 0 bridgehead atoms. The second-order valence-corrected chi connectivity index (χ2v) is 5.60. The van der Waals surface area contributed by atoms with E-state index in [1.807, 2.05) is 38.4 Å². The van der Waals surface area contributed by atoms with Crippen molar-refractivity contribution in [1.82, 2.24) is 10.2 Å². The van der Waals surface area contributed by atoms with Crippen LogP contribution in [0.25, 0.3) is 10.1 Å². The van der Waals surface area contributed by atoms with E-state index in [1.54, 1.807) is 0 Å². The lowest BCUT2D eigenvalue weighted by molar-refractivity contribution is 0.0700. The van der Waals surface area contributed by atoms with E-state index in [4.69, 9.17) is 0 Å². The number of rotatable bonds is 6. The molecule has 5 heteroatoms. The molecule has 0 aliphatic rings. The van der Waals surface area contributed by atoms with Crippen LogP contribution < -0.4 is 5.32 Å². The van der Waals surface area contributed by atoms with Gasteiger partial charge in [-0.05, 0) is 31.1 Å². The standard InChI is InChI=1S/C14H18N2O2S/c1-15-7-8-16(2)9-11-10-5-3-4-6-12(10)19-13(11)14(17)18/h3-6,15H,7-9H2,1-2H3,(H,17,18). The van der Waals surface area contributed by atoms with Crippen LogP contribution in [0, 0.1) is 0 Å². The van der Waals surface area contributed by atoms with Crippen molar-refractivity contribution in [3.8, 4) is 0 Å². The van der Waals surface area contributed by atoms with E-state index >= 15 is 0 Å². The third-order valence-electron chi connectivity index (χ3n) is 3.06. The highest BCUT2D eigenvalue weighted by molar-refractivity contribution is 7.21. The van der Waals surface area contributed by atoms with Crippen LogP contribution in [-0.4, -0.2) is 43.2 Å². The van der Waals surface area contributed by atoms with Crippen molar-refractivity contribution in [1.29, 1.82) is 0 Å². The summed E-state index contributed by atoms with van der Waals surface area (Å²) in [5, 5.41) is 13.5. The lowest BCUT2D eigenvalue weighted by atomic mass is 10.1. The predicted octanol–water partition coefficient (Wildman–Crippen LogP) is 2.25. The lowest BCUT2D eigenvalue weighted by Crippen LogP contribution is -2.27. The van der Waals surface area contributed by atoms with E-state index in [0.717, 1.165) is 28.7 Å². The van der Waals surface area contributed by atoms with Gasteiger partial charge < -0.3 is 15.3 Å². The highest BCUT2D eigenvalue weighted by Gasteiger charge is 2.18. The highest BCUT2D eigenvalue weighted by atomic mass is 32.1. The number of carboxylic acid groups (broad SMARTS) is 1. The topological polar surface area (TPSA) is 52.6 Å². The van der Waals surface area contributed by atoms with Crippen molar-refractivity contribution >= 4 is 27.4 Å². The molecule has 0 unspecified atom stereocenters. The van der Waals surface area contributed by atoms with Crippen molar-refractivity contribution in [2.24, 2.45) is 0 Å². The van der Waals surface area contributed by atoms with Gasteiger partial charge in [0, 0.05) is 24.3 Å². The minimum absolute atomic E-state index is 0.456. The number of thiophene rings is 1. The number of hydrogen-bond acceptors (Lipinski definition) is 4. The summed E-state index contributed by atoms with van der Waals surface area (Å²) in [6.07, 6.45) is 0. The molecule has 0 saturated heterocycles. The highest BCUT2D eigenvalue weighted by Crippen LogP contribution is 2.32. The van der Waals surface area contributed by atoms with Gasteiger partial charge in [-0.15, -0.1) is 11.3 Å². The van der Waals surface area contributed by atoms with E-state index < -0.39 is 5.97 Å². The summed E-state index contributed by atoms with van der Waals surface area (Å²) in [7, 11) is 3.92. The molecule has 0 aliphatic heterocycles. The molecule has 0 spiro atoms. The number of carboxylic acids is 1. The van der Waals surface area contributed by atoms with Crippen molar-refractivity contribution < 1.29 is 9.90 Å². The smallest absolute Gasteiger partial charge is 0.346 e. The number of hydrogen-bond donors (Lipinski definition) is 2. The largest absolute Gasteiger partial charge is 0.477 e. The van der Waals surface area contributed by atoms with Gasteiger partial charge in [0.15, 0.2) is 0 Å². The summed E-state index contributed by atoms with van der Waals surface area (Å²) in [6, 6.07) is 7.87. The quantitative estimate of drug-likeness (QED) is 0.851. The number of likely N-dealkylation sites (N-methyl/N-ethyl adjacent to an activating group) is 2. The third kappa shape index (κ3) is 3.12. The summed E-state index contributed by atoms with van der Waals surface area (Å²) >= 11 is 1.36. The van der Waals surface area contributed by atoms with Gasteiger partial charge in [0.05, 0.1) is 0 Å². The van der Waals surface area contributed by atoms with Crippen LogP contribution in [0.5, 0.6) is 0 Å². The fourth-order valence-corrected chi connectivity index (χ4v) is 3.13. The first-order valence-corrected chi connectivity index (χ1v) is 7.02. The van der Waals surface area contributed by atoms with E-state index in [9.17, 15) is 9.90 Å². The first kappa shape index (κ1) is 14.0. The monoisotopic (exact) mass is 278 g/mol. The zero-order valence-corrected chi connectivity index (χ0v) is 12.0. The molecule has 0 fully saturated rings. The fraction of sp³-hybridized carbons (Fsp3) is 0.357. The second kappa shape index (κ2) is 6.14. The van der Waals surface area contributed by atoms with E-state index in [-0.39, 0.29) is 0 Å². The molecule has 1 aromatic carbocycles. The second-order valence-electron chi connectivity index (χ2n) is 4.55. The number of nitrogens with zero attached hydrogens (tertiary/aromatic N) is 1. The van der Waals surface area contributed by atoms with Gasteiger partial charge in [0.25, 0.3) is 0 Å². The average molecular weight is 278 g/mol. The molecule has 1 aromatic heterocycles. The normalized spacial score (nSPS) is 11.3. The molecular weight excluding hydrogens is 260 g/mol. The van der Waals surface area contributed by atoms with E-state index in [1.165, 1.54) is 11.3 Å². The van der Waals surface area contributed by atoms with Crippen LogP contribution in [0.4, 0.5) is 0 Å². The van der Waals surface area contributed by atoms with Crippen LogP contribution in [-0.2, 0) is 6.54 Å². The molecule has 102 valence electrons. The van der Waals surface area contributed by atoms with Gasteiger partial charge in [-0.3, -0.25) is 0 Å². The van der Waals surface area contributed by atoms with E-state index in [2.05, 4.69) is 10.2 Å². The maximum Gasteiger partial charge on any atom is 0.346 e. The molecule has 0 atom stereocenters. The van der Waals surface area contributed by atoms with Crippen molar-refractivity contribution in [3.05, 3.63) is 34.7 Å². The predicted molar refractivity (Wildman–Crippen MR) is 79.0 cm³/mol. The van der Waals surface area contributed by atoms with Crippen molar-refractivity contribution in [3.63, 3.8) is 0 Å². The Hall–Kier alpha value is -1.43. The Bertz CT molecular complexity index is 580. The Labute approximate surface area is 116 Å². The average Bonchev–Trinajstić information content (AvgIpc) is 2.76. The van der Waals surface area contributed by atoms with Crippen molar-refractivity contribution in [2.75, 3.05) is 27.2 Å². The molecule has 0 radical (unpaired) electrons. The van der Waals surface area contributed by atoms with Gasteiger partial charge in [-0.25, -0.2) is 4.79 Å². The van der Waals surface area contributed by atoms with Crippen LogP contribution in [0.3, 0.4) is 0 Å². The number of fused-ring (bicyclic) bond motifs is 1. The van der Waals surface area contributed by atoms with Gasteiger partial charge >= 0.3 is 5.97 Å². The molecule has 4 nitrogen and oxygen atoms in total. The SMILES string of the molecule is CNCCN(C)Cc1c(C(=O)O)sc2ccccc12.